The van der Waals surface area contributed by atoms with Gasteiger partial charge in [0.05, 0.1) is 38.6 Å². The number of aliphatic hydroxyl groups is 12. The van der Waals surface area contributed by atoms with Gasteiger partial charge in [0, 0.05) is 17.9 Å². The third-order valence-corrected chi connectivity index (χ3v) is 18.6. The maximum atomic E-state index is 11.6. The Morgan fingerprint density at radius 2 is 1.16 bits per heavy atom. The second-order valence-electron chi connectivity index (χ2n) is 22.5. The van der Waals surface area contributed by atoms with Gasteiger partial charge in [0.15, 0.2) is 25.2 Å². The quantitative estimate of drug-likeness (QED) is 0.0901. The molecule has 9 rings (SSSR count). The Bertz CT molecular complexity index is 1710. The third-order valence-electron chi connectivity index (χ3n) is 18.6. The van der Waals surface area contributed by atoms with E-state index in [4.69, 9.17) is 42.6 Å². The largest absolute Gasteiger partial charge is 0.394 e. The summed E-state index contributed by atoms with van der Waals surface area (Å²) in [6, 6.07) is 0. The molecule has 3 saturated carbocycles. The Morgan fingerprint density at radius 1 is 0.551 bits per heavy atom. The summed E-state index contributed by atoms with van der Waals surface area (Å²) in [5.41, 5.74) is -0.0788. The molecule has 6 saturated heterocycles. The molecule has 0 radical (unpaired) electrons. The van der Waals surface area contributed by atoms with Gasteiger partial charge in [-0.2, -0.15) is 0 Å². The first-order valence-corrected chi connectivity index (χ1v) is 25.4. The van der Waals surface area contributed by atoms with Crippen molar-refractivity contribution in [3.8, 4) is 0 Å². The van der Waals surface area contributed by atoms with Crippen LogP contribution in [0.2, 0.25) is 0 Å². The minimum atomic E-state index is -1.97. The van der Waals surface area contributed by atoms with Crippen molar-refractivity contribution < 1.29 is 104 Å². The molecule has 6 heterocycles. The second kappa shape index (κ2) is 20.7. The fourth-order valence-corrected chi connectivity index (χ4v) is 14.1. The van der Waals surface area contributed by atoms with Gasteiger partial charge in [-0.25, -0.2) is 0 Å². The number of hydrogen-bond donors (Lipinski definition) is 13. The van der Waals surface area contributed by atoms with Gasteiger partial charge in [0.1, 0.15) is 97.3 Å². The van der Waals surface area contributed by atoms with Crippen molar-refractivity contribution in [1.82, 2.24) is 5.32 Å². The summed E-state index contributed by atoms with van der Waals surface area (Å²) in [5.74, 6) is 2.39. The van der Waals surface area contributed by atoms with Crippen LogP contribution in [0.25, 0.3) is 0 Å². The number of piperidine rings is 1. The summed E-state index contributed by atoms with van der Waals surface area (Å²) in [6.07, 6.45) is -23.4. The molecule has 9 fully saturated rings. The molecule has 22 heteroatoms. The van der Waals surface area contributed by atoms with E-state index in [1.54, 1.807) is 0 Å². The molecule has 0 bridgehead atoms. The molecule has 1 spiro atoms. The Balaban J connectivity index is 0.829. The van der Waals surface area contributed by atoms with E-state index in [9.17, 15) is 61.3 Å². The summed E-state index contributed by atoms with van der Waals surface area (Å²) in [6.45, 7) is 7.66. The highest BCUT2D eigenvalue weighted by Gasteiger charge is 2.67. The zero-order valence-electron chi connectivity index (χ0n) is 40.0. The van der Waals surface area contributed by atoms with Crippen LogP contribution in [0.1, 0.15) is 85.5 Å². The fraction of sp³-hybridized carbons (Fsp3) is 1.00. The average Bonchev–Trinajstić information content (AvgIpc) is 3.56. The number of rotatable bonds is 11. The molecule has 0 aromatic heterocycles. The van der Waals surface area contributed by atoms with Crippen LogP contribution in [0.4, 0.5) is 0 Å². The Morgan fingerprint density at radius 3 is 1.84 bits per heavy atom. The smallest absolute Gasteiger partial charge is 0.187 e. The van der Waals surface area contributed by atoms with Crippen molar-refractivity contribution in [2.24, 2.45) is 40.4 Å². The highest BCUT2D eigenvalue weighted by Crippen LogP contribution is 2.67. The van der Waals surface area contributed by atoms with Gasteiger partial charge in [0.2, 0.25) is 0 Å². The lowest BCUT2D eigenvalue weighted by atomic mass is 9.46. The second-order valence-corrected chi connectivity index (χ2v) is 22.5. The summed E-state index contributed by atoms with van der Waals surface area (Å²) in [7, 11) is 0. The molecule has 29 atom stereocenters. The fourth-order valence-electron chi connectivity index (χ4n) is 14.1. The third kappa shape index (κ3) is 9.39. The van der Waals surface area contributed by atoms with Crippen molar-refractivity contribution in [3.05, 3.63) is 0 Å². The van der Waals surface area contributed by atoms with Crippen LogP contribution in [0.3, 0.4) is 0 Å². The maximum Gasteiger partial charge on any atom is 0.187 e. The van der Waals surface area contributed by atoms with Crippen molar-refractivity contribution in [2.45, 2.75) is 220 Å². The molecular formula is C47H79NO21. The molecule has 6 aliphatic heterocycles. The monoisotopic (exact) mass is 994 g/mol. The number of aliphatic hydroxyl groups excluding tert-OH is 12. The van der Waals surface area contributed by atoms with E-state index in [2.05, 4.69) is 33.0 Å². The van der Waals surface area contributed by atoms with Crippen LogP contribution < -0.4 is 5.32 Å². The van der Waals surface area contributed by atoms with Crippen molar-refractivity contribution in [2.75, 3.05) is 33.0 Å². The van der Waals surface area contributed by atoms with Gasteiger partial charge in [-0.1, -0.05) is 27.7 Å². The molecule has 0 aromatic carbocycles. The topological polar surface area (TPSA) is 338 Å². The molecule has 22 nitrogen and oxygen atoms in total. The standard InChI is InChI=1S/C47H79NO21/c1-19-7-12-47(48-14-19)20(2)45(3)11-9-24-23(40(45)69-47)6-5-21-13-22(8-10-46(21,24)4)62-41-35(59)33(57)37(28(17-51)65-41)66-43-36(60)38(31(55)27(16-50)64-43)67-44-39(29(53)25(52)18-61-44)68-42-34(58)32(56)30(54)26(15-49)63-42/h19-44,48-60H,5-18H2,1-4H3. The van der Waals surface area contributed by atoms with Crippen LogP contribution >= 0.6 is 0 Å². The lowest BCUT2D eigenvalue weighted by Crippen LogP contribution is -2.67. The number of nitrogens with one attached hydrogen (secondary N) is 1. The van der Waals surface area contributed by atoms with Crippen molar-refractivity contribution in [1.29, 1.82) is 0 Å². The Hall–Kier alpha value is -0.880. The first-order chi connectivity index (χ1) is 32.8. The predicted molar refractivity (Wildman–Crippen MR) is 233 cm³/mol. The lowest BCUT2D eigenvalue weighted by Gasteiger charge is -2.60. The van der Waals surface area contributed by atoms with Crippen LogP contribution in [-0.4, -0.2) is 229 Å². The predicted octanol–water partition coefficient (Wildman–Crippen LogP) is -3.33. The summed E-state index contributed by atoms with van der Waals surface area (Å²) >= 11 is 0. The van der Waals surface area contributed by atoms with E-state index in [0.717, 1.165) is 51.5 Å². The van der Waals surface area contributed by atoms with E-state index < -0.39 is 143 Å². The van der Waals surface area contributed by atoms with Crippen LogP contribution in [-0.2, 0) is 42.6 Å². The first kappa shape index (κ1) is 53.0. The minimum Gasteiger partial charge on any atom is -0.394 e. The van der Waals surface area contributed by atoms with Crippen LogP contribution in [0.15, 0.2) is 0 Å². The average molecular weight is 994 g/mol. The van der Waals surface area contributed by atoms with E-state index >= 15 is 0 Å². The lowest BCUT2D eigenvalue weighted by molar-refractivity contribution is -0.390. The first-order valence-electron chi connectivity index (χ1n) is 25.4. The highest BCUT2D eigenvalue weighted by molar-refractivity contribution is 5.14. The Kier molecular flexibility index (Phi) is 15.9. The zero-order valence-corrected chi connectivity index (χ0v) is 40.0. The minimum absolute atomic E-state index is 0.0733. The molecular weight excluding hydrogens is 915 g/mol. The molecule has 9 aliphatic rings. The van der Waals surface area contributed by atoms with E-state index in [-0.39, 0.29) is 28.8 Å². The van der Waals surface area contributed by atoms with E-state index in [1.807, 2.05) is 0 Å². The molecule has 3 aliphatic carbocycles. The molecule has 69 heavy (non-hydrogen) atoms. The van der Waals surface area contributed by atoms with Gasteiger partial charge in [0.25, 0.3) is 0 Å². The van der Waals surface area contributed by atoms with Crippen LogP contribution in [0, 0.1) is 40.4 Å². The molecule has 0 amide bonds. The van der Waals surface area contributed by atoms with Gasteiger partial charge >= 0.3 is 0 Å². The Labute approximate surface area is 402 Å². The van der Waals surface area contributed by atoms with Gasteiger partial charge in [-0.15, -0.1) is 0 Å². The van der Waals surface area contributed by atoms with Crippen molar-refractivity contribution >= 4 is 0 Å². The van der Waals surface area contributed by atoms with Crippen molar-refractivity contribution in [3.63, 3.8) is 0 Å². The zero-order chi connectivity index (χ0) is 49.5. The SMILES string of the molecule is CC1CCC2(NC1)OC1C3CCC4CC(OC5OC(CO)C(OC6OC(CO)C(O)C(OC7OCC(O)C(O)C7OC7OC(CO)C(O)C(O)C7O)C6O)C(O)C5O)CCC4(C)C3CCC1(C)C2C. The number of fused-ring (bicyclic) bond motifs is 5. The van der Waals surface area contributed by atoms with Gasteiger partial charge in [-0.3, -0.25) is 5.32 Å². The van der Waals surface area contributed by atoms with E-state index in [1.165, 1.54) is 6.42 Å². The van der Waals surface area contributed by atoms with E-state index in [0.29, 0.717) is 36.0 Å². The maximum absolute atomic E-state index is 11.6. The number of hydrogen-bond acceptors (Lipinski definition) is 22. The summed E-state index contributed by atoms with van der Waals surface area (Å²) in [4.78, 5) is 0. The van der Waals surface area contributed by atoms with Gasteiger partial charge < -0.3 is 104 Å². The number of ether oxygens (including phenoxy) is 9. The van der Waals surface area contributed by atoms with Crippen LogP contribution in [0.5, 0.6) is 0 Å². The molecule has 13 N–H and O–H groups in total. The summed E-state index contributed by atoms with van der Waals surface area (Å²) < 4.78 is 54.1. The normalized spacial score (nSPS) is 56.9. The summed E-state index contributed by atoms with van der Waals surface area (Å²) in [5, 5.41) is 133. The highest BCUT2D eigenvalue weighted by atomic mass is 16.8. The molecule has 398 valence electrons. The molecule has 29 unspecified atom stereocenters. The molecule has 0 aromatic rings. The van der Waals surface area contributed by atoms with Gasteiger partial charge in [-0.05, 0) is 86.9 Å².